The molecular formula is C12H15NO7S. The van der Waals surface area contributed by atoms with Crippen molar-refractivity contribution in [1.82, 2.24) is 4.72 Å². The van der Waals surface area contributed by atoms with E-state index < -0.39 is 34.4 Å². The molecule has 1 rings (SSSR count). The van der Waals surface area contributed by atoms with E-state index in [-0.39, 0.29) is 11.3 Å². The Bertz CT molecular complexity index is 626. The normalized spacial score (nSPS) is 12.6. The lowest BCUT2D eigenvalue weighted by Crippen LogP contribution is -2.41. The van der Waals surface area contributed by atoms with Gasteiger partial charge in [-0.1, -0.05) is 6.07 Å². The van der Waals surface area contributed by atoms with Gasteiger partial charge in [0.15, 0.2) is 0 Å². The van der Waals surface area contributed by atoms with Gasteiger partial charge < -0.3 is 14.9 Å². The first-order valence-electron chi connectivity index (χ1n) is 5.87. The summed E-state index contributed by atoms with van der Waals surface area (Å²) >= 11 is 0. The van der Waals surface area contributed by atoms with Crippen LogP contribution in [-0.2, 0) is 19.6 Å². The molecule has 0 spiro atoms. The molecule has 8 nitrogen and oxygen atoms in total. The molecule has 0 aromatic heterocycles. The Labute approximate surface area is 121 Å². The fraction of sp³-hybridized carbons (Fsp3) is 0.333. The fourth-order valence-corrected chi connectivity index (χ4v) is 2.78. The van der Waals surface area contributed by atoms with E-state index in [1.54, 1.807) is 0 Å². The van der Waals surface area contributed by atoms with Gasteiger partial charge in [-0.15, -0.1) is 0 Å². The maximum Gasteiger partial charge on any atom is 0.321 e. The summed E-state index contributed by atoms with van der Waals surface area (Å²) < 4.78 is 31.0. The van der Waals surface area contributed by atoms with Gasteiger partial charge in [-0.2, -0.15) is 4.72 Å². The number of hydrogen-bond donors (Lipinski definition) is 3. The van der Waals surface area contributed by atoms with Gasteiger partial charge in [0.1, 0.15) is 11.8 Å². The van der Waals surface area contributed by atoms with Crippen LogP contribution in [0.15, 0.2) is 29.2 Å². The molecule has 0 aliphatic carbocycles. The number of rotatable bonds is 8. The summed E-state index contributed by atoms with van der Waals surface area (Å²) in [4.78, 5) is 21.3. The third kappa shape index (κ3) is 5.04. The van der Waals surface area contributed by atoms with Gasteiger partial charge >= 0.3 is 11.9 Å². The summed E-state index contributed by atoms with van der Waals surface area (Å²) in [6.07, 6.45) is -0.814. The topological polar surface area (TPSA) is 130 Å². The molecule has 0 saturated carbocycles. The molecule has 21 heavy (non-hydrogen) atoms. The van der Waals surface area contributed by atoms with Crippen LogP contribution in [0, 0.1) is 0 Å². The van der Waals surface area contributed by atoms with Crippen molar-refractivity contribution in [3.63, 3.8) is 0 Å². The van der Waals surface area contributed by atoms with Crippen LogP contribution in [0.5, 0.6) is 5.75 Å². The smallest absolute Gasteiger partial charge is 0.321 e. The fourth-order valence-electron chi connectivity index (χ4n) is 1.52. The van der Waals surface area contributed by atoms with Crippen LogP contribution in [0.3, 0.4) is 0 Å². The molecule has 116 valence electrons. The molecule has 1 aromatic rings. The number of nitrogens with one attached hydrogen (secondary N) is 1. The standard InChI is InChI=1S/C12H15NO7S/c1-20-8-3-2-4-9(7-8)21(18,19)13-10(12(16)17)5-6-11(14)15/h2-4,7,10,13H,5-6H2,1H3,(H,14,15)(H,16,17). The van der Waals surface area contributed by atoms with Gasteiger partial charge in [-0.05, 0) is 18.6 Å². The number of methoxy groups -OCH3 is 1. The van der Waals surface area contributed by atoms with Crippen molar-refractivity contribution < 1.29 is 33.0 Å². The highest BCUT2D eigenvalue weighted by Crippen LogP contribution is 2.17. The van der Waals surface area contributed by atoms with Gasteiger partial charge in [0, 0.05) is 12.5 Å². The number of hydrogen-bond acceptors (Lipinski definition) is 5. The van der Waals surface area contributed by atoms with Crippen molar-refractivity contribution >= 4 is 22.0 Å². The molecule has 1 unspecified atom stereocenters. The highest BCUT2D eigenvalue weighted by atomic mass is 32.2. The molecule has 0 aliphatic heterocycles. The van der Waals surface area contributed by atoms with Crippen molar-refractivity contribution in [1.29, 1.82) is 0 Å². The predicted octanol–water partition coefficient (Wildman–Crippen LogP) is 0.291. The lowest BCUT2D eigenvalue weighted by molar-refractivity contribution is -0.140. The minimum absolute atomic E-state index is 0.163. The summed E-state index contributed by atoms with van der Waals surface area (Å²) in [5.41, 5.74) is 0. The lowest BCUT2D eigenvalue weighted by Gasteiger charge is -2.14. The highest BCUT2D eigenvalue weighted by Gasteiger charge is 2.26. The number of ether oxygens (including phenoxy) is 1. The van der Waals surface area contributed by atoms with Crippen molar-refractivity contribution in [2.45, 2.75) is 23.8 Å². The summed E-state index contributed by atoms with van der Waals surface area (Å²) in [6, 6.07) is 3.98. The highest BCUT2D eigenvalue weighted by molar-refractivity contribution is 7.89. The van der Waals surface area contributed by atoms with Gasteiger partial charge in [0.05, 0.1) is 12.0 Å². The van der Waals surface area contributed by atoms with Crippen LogP contribution in [0.4, 0.5) is 0 Å². The first kappa shape index (κ1) is 16.9. The molecule has 0 amide bonds. The molecule has 0 fully saturated rings. The zero-order valence-electron chi connectivity index (χ0n) is 11.1. The summed E-state index contributed by atoms with van der Waals surface area (Å²) in [5.74, 6) is -2.35. The Morgan fingerprint density at radius 2 is 2.00 bits per heavy atom. The molecule has 1 atom stereocenters. The molecule has 0 radical (unpaired) electrons. The van der Waals surface area contributed by atoms with Gasteiger partial charge in [0.2, 0.25) is 10.0 Å². The second-order valence-electron chi connectivity index (χ2n) is 4.12. The Balaban J connectivity index is 2.94. The van der Waals surface area contributed by atoms with Crippen molar-refractivity contribution in [2.24, 2.45) is 0 Å². The van der Waals surface area contributed by atoms with Crippen LogP contribution in [0.1, 0.15) is 12.8 Å². The first-order valence-corrected chi connectivity index (χ1v) is 7.35. The minimum Gasteiger partial charge on any atom is -0.497 e. The lowest BCUT2D eigenvalue weighted by atomic mass is 10.2. The van der Waals surface area contributed by atoms with E-state index in [2.05, 4.69) is 0 Å². The molecular weight excluding hydrogens is 302 g/mol. The zero-order chi connectivity index (χ0) is 16.0. The Kier molecular flexibility index (Phi) is 5.68. The van der Waals surface area contributed by atoms with E-state index in [1.165, 1.54) is 31.4 Å². The third-order valence-corrected chi connectivity index (χ3v) is 4.06. The number of carboxylic acid groups (broad SMARTS) is 2. The van der Waals surface area contributed by atoms with Crippen LogP contribution in [-0.4, -0.2) is 43.7 Å². The average Bonchev–Trinajstić information content (AvgIpc) is 2.43. The van der Waals surface area contributed by atoms with Crippen LogP contribution in [0.2, 0.25) is 0 Å². The molecule has 9 heteroatoms. The largest absolute Gasteiger partial charge is 0.497 e. The van der Waals surface area contributed by atoms with E-state index in [1.807, 2.05) is 4.72 Å². The van der Waals surface area contributed by atoms with Gasteiger partial charge in [0.25, 0.3) is 0 Å². The minimum atomic E-state index is -4.09. The van der Waals surface area contributed by atoms with E-state index >= 15 is 0 Å². The Morgan fingerprint density at radius 3 is 2.52 bits per heavy atom. The second-order valence-corrected chi connectivity index (χ2v) is 5.84. The molecule has 1 aromatic carbocycles. The van der Waals surface area contributed by atoms with Crippen LogP contribution in [0.25, 0.3) is 0 Å². The molecule has 0 bridgehead atoms. The number of carbonyl (C=O) groups is 2. The van der Waals surface area contributed by atoms with Crippen molar-refractivity contribution in [3.05, 3.63) is 24.3 Å². The Morgan fingerprint density at radius 1 is 1.33 bits per heavy atom. The Hall–Kier alpha value is -2.13. The SMILES string of the molecule is COc1cccc(S(=O)(=O)NC(CCC(=O)O)C(=O)O)c1. The maximum atomic E-state index is 12.1. The van der Waals surface area contributed by atoms with E-state index in [0.29, 0.717) is 5.75 Å². The summed E-state index contributed by atoms with van der Waals surface area (Å²) in [7, 11) is -2.72. The molecule has 0 aliphatic rings. The third-order valence-electron chi connectivity index (χ3n) is 2.59. The predicted molar refractivity (Wildman–Crippen MR) is 71.6 cm³/mol. The van der Waals surface area contributed by atoms with Crippen molar-refractivity contribution in [3.8, 4) is 5.75 Å². The average molecular weight is 317 g/mol. The quantitative estimate of drug-likeness (QED) is 0.628. The van der Waals surface area contributed by atoms with Crippen molar-refractivity contribution in [2.75, 3.05) is 7.11 Å². The van der Waals surface area contributed by atoms with Crippen LogP contribution >= 0.6 is 0 Å². The molecule has 0 saturated heterocycles. The van der Waals surface area contributed by atoms with E-state index in [9.17, 15) is 18.0 Å². The van der Waals surface area contributed by atoms with Crippen LogP contribution < -0.4 is 9.46 Å². The summed E-state index contributed by atoms with van der Waals surface area (Å²) in [5, 5.41) is 17.5. The summed E-state index contributed by atoms with van der Waals surface area (Å²) in [6.45, 7) is 0. The number of sulfonamides is 1. The zero-order valence-corrected chi connectivity index (χ0v) is 12.0. The van der Waals surface area contributed by atoms with Gasteiger partial charge in [-0.3, -0.25) is 9.59 Å². The molecule has 0 heterocycles. The second kappa shape index (κ2) is 7.04. The number of carboxylic acids is 2. The van der Waals surface area contributed by atoms with E-state index in [4.69, 9.17) is 14.9 Å². The monoisotopic (exact) mass is 317 g/mol. The first-order chi connectivity index (χ1) is 9.76. The number of aliphatic carboxylic acids is 2. The maximum absolute atomic E-state index is 12.1. The molecule has 3 N–H and O–H groups in total. The van der Waals surface area contributed by atoms with E-state index in [0.717, 1.165) is 0 Å². The number of benzene rings is 1. The van der Waals surface area contributed by atoms with Gasteiger partial charge in [-0.25, -0.2) is 8.42 Å².